The predicted molar refractivity (Wildman–Crippen MR) is 82.8 cm³/mol. The quantitative estimate of drug-likeness (QED) is 0.626. The third-order valence-electron chi connectivity index (χ3n) is 4.08. The van der Waals surface area contributed by atoms with Crippen molar-refractivity contribution in [3.05, 3.63) is 0 Å². The van der Waals surface area contributed by atoms with Crippen molar-refractivity contribution in [1.29, 1.82) is 0 Å². The summed E-state index contributed by atoms with van der Waals surface area (Å²) in [5.74, 6) is -0.0977. The van der Waals surface area contributed by atoms with Gasteiger partial charge in [-0.05, 0) is 66.5 Å². The molecule has 0 aromatic carbocycles. The van der Waals surface area contributed by atoms with Gasteiger partial charge in [0.2, 0.25) is 0 Å². The summed E-state index contributed by atoms with van der Waals surface area (Å²) in [7, 11) is 0. The van der Waals surface area contributed by atoms with E-state index in [1.165, 1.54) is 12.8 Å². The molecule has 4 heteroatoms. The van der Waals surface area contributed by atoms with E-state index < -0.39 is 5.54 Å². The van der Waals surface area contributed by atoms with Crippen LogP contribution in [0, 0.1) is 0 Å². The fraction of sp³-hybridized carbons (Fsp3) is 0.938. The van der Waals surface area contributed by atoms with Crippen LogP contribution in [0.4, 0.5) is 0 Å². The standard InChI is InChI=1S/C16H32N2O2/c1-6-18(13(3)4)12-8-11-16(5,15(19)20-7-2)17-14-9-10-14/h13-14,17H,6-12H2,1-5H3. The molecule has 20 heavy (non-hydrogen) atoms. The van der Waals surface area contributed by atoms with Crippen LogP contribution in [0.2, 0.25) is 0 Å². The van der Waals surface area contributed by atoms with Gasteiger partial charge in [-0.3, -0.25) is 10.1 Å². The second-order valence-corrected chi connectivity index (χ2v) is 6.30. The second-order valence-electron chi connectivity index (χ2n) is 6.30. The van der Waals surface area contributed by atoms with Crippen molar-refractivity contribution in [3.8, 4) is 0 Å². The fourth-order valence-corrected chi connectivity index (χ4v) is 2.62. The third-order valence-corrected chi connectivity index (χ3v) is 4.08. The number of nitrogens with zero attached hydrogens (tertiary/aromatic N) is 1. The molecular formula is C16H32N2O2. The first-order valence-corrected chi connectivity index (χ1v) is 8.12. The van der Waals surface area contributed by atoms with Gasteiger partial charge in [0.05, 0.1) is 6.61 Å². The van der Waals surface area contributed by atoms with Crippen LogP contribution in [0.1, 0.15) is 60.3 Å². The van der Waals surface area contributed by atoms with Gasteiger partial charge in [-0.1, -0.05) is 6.92 Å². The molecule has 0 saturated heterocycles. The van der Waals surface area contributed by atoms with Crippen molar-refractivity contribution in [2.24, 2.45) is 0 Å². The molecular weight excluding hydrogens is 252 g/mol. The van der Waals surface area contributed by atoms with Gasteiger partial charge in [0.15, 0.2) is 0 Å². The van der Waals surface area contributed by atoms with E-state index in [1.54, 1.807) is 0 Å². The van der Waals surface area contributed by atoms with Crippen LogP contribution in [0.3, 0.4) is 0 Å². The largest absolute Gasteiger partial charge is 0.465 e. The number of rotatable bonds is 10. The molecule has 1 unspecified atom stereocenters. The molecule has 0 aromatic rings. The molecule has 0 heterocycles. The minimum Gasteiger partial charge on any atom is -0.465 e. The molecule has 118 valence electrons. The molecule has 0 bridgehead atoms. The number of nitrogens with one attached hydrogen (secondary N) is 1. The Kier molecular flexibility index (Phi) is 6.96. The van der Waals surface area contributed by atoms with Gasteiger partial charge in [-0.2, -0.15) is 0 Å². The SMILES string of the molecule is CCOC(=O)C(C)(CCCN(CC)C(C)C)NC1CC1. The summed E-state index contributed by atoms with van der Waals surface area (Å²) in [6.07, 6.45) is 4.22. The van der Waals surface area contributed by atoms with Crippen LogP contribution >= 0.6 is 0 Å². The number of ether oxygens (including phenoxy) is 1. The number of esters is 1. The number of hydrogen-bond donors (Lipinski definition) is 1. The zero-order chi connectivity index (χ0) is 15.2. The van der Waals surface area contributed by atoms with Gasteiger partial charge in [-0.15, -0.1) is 0 Å². The summed E-state index contributed by atoms with van der Waals surface area (Å²) in [6.45, 7) is 13.0. The van der Waals surface area contributed by atoms with Crippen LogP contribution in [0.5, 0.6) is 0 Å². The average Bonchev–Trinajstić information content (AvgIpc) is 3.18. The zero-order valence-electron chi connectivity index (χ0n) is 13.9. The topological polar surface area (TPSA) is 41.6 Å². The normalized spacial score (nSPS) is 18.4. The summed E-state index contributed by atoms with van der Waals surface area (Å²) in [4.78, 5) is 14.6. The summed E-state index contributed by atoms with van der Waals surface area (Å²) in [5, 5.41) is 3.48. The van der Waals surface area contributed by atoms with E-state index in [0.717, 1.165) is 25.9 Å². The molecule has 1 aliphatic carbocycles. The van der Waals surface area contributed by atoms with E-state index in [2.05, 4.69) is 31.0 Å². The molecule has 0 aliphatic heterocycles. The Hall–Kier alpha value is -0.610. The third kappa shape index (κ3) is 5.41. The maximum absolute atomic E-state index is 12.2. The highest BCUT2D eigenvalue weighted by Gasteiger charge is 2.39. The monoisotopic (exact) mass is 284 g/mol. The number of hydrogen-bond acceptors (Lipinski definition) is 4. The highest BCUT2D eigenvalue weighted by atomic mass is 16.5. The number of carbonyl (C=O) groups excluding carboxylic acids is 1. The van der Waals surface area contributed by atoms with E-state index in [-0.39, 0.29) is 5.97 Å². The summed E-state index contributed by atoms with van der Waals surface area (Å²) in [5.41, 5.74) is -0.520. The summed E-state index contributed by atoms with van der Waals surface area (Å²) in [6, 6.07) is 1.07. The molecule has 0 radical (unpaired) electrons. The molecule has 1 fully saturated rings. The zero-order valence-corrected chi connectivity index (χ0v) is 13.9. The highest BCUT2D eigenvalue weighted by Crippen LogP contribution is 2.26. The first-order valence-electron chi connectivity index (χ1n) is 8.12. The lowest BCUT2D eigenvalue weighted by Gasteiger charge is -2.31. The summed E-state index contributed by atoms with van der Waals surface area (Å²) >= 11 is 0. The lowest BCUT2D eigenvalue weighted by atomic mass is 9.95. The van der Waals surface area contributed by atoms with Gasteiger partial charge in [0.1, 0.15) is 5.54 Å². The fourth-order valence-electron chi connectivity index (χ4n) is 2.62. The van der Waals surface area contributed by atoms with Crippen LogP contribution in [0.25, 0.3) is 0 Å². The molecule has 1 N–H and O–H groups in total. The first kappa shape index (κ1) is 17.4. The van der Waals surface area contributed by atoms with Crippen LogP contribution in [-0.2, 0) is 9.53 Å². The van der Waals surface area contributed by atoms with E-state index in [0.29, 0.717) is 18.7 Å². The Morgan fingerprint density at radius 1 is 1.40 bits per heavy atom. The minimum absolute atomic E-state index is 0.0977. The van der Waals surface area contributed by atoms with Crippen molar-refractivity contribution in [2.45, 2.75) is 77.9 Å². The minimum atomic E-state index is -0.520. The van der Waals surface area contributed by atoms with Crippen molar-refractivity contribution >= 4 is 5.97 Å². The molecule has 1 aliphatic rings. The lowest BCUT2D eigenvalue weighted by molar-refractivity contribution is -0.151. The molecule has 0 spiro atoms. The Labute approximate surface area is 124 Å². The van der Waals surface area contributed by atoms with Crippen LogP contribution in [0.15, 0.2) is 0 Å². The Morgan fingerprint density at radius 3 is 2.50 bits per heavy atom. The Balaban J connectivity index is 2.49. The first-order chi connectivity index (χ1) is 9.42. The molecule has 0 amide bonds. The van der Waals surface area contributed by atoms with Crippen molar-refractivity contribution < 1.29 is 9.53 Å². The maximum Gasteiger partial charge on any atom is 0.326 e. The molecule has 1 saturated carbocycles. The Morgan fingerprint density at radius 2 is 2.05 bits per heavy atom. The van der Waals surface area contributed by atoms with Crippen molar-refractivity contribution in [2.75, 3.05) is 19.7 Å². The van der Waals surface area contributed by atoms with Gasteiger partial charge in [0, 0.05) is 12.1 Å². The lowest BCUT2D eigenvalue weighted by Crippen LogP contribution is -2.52. The molecule has 1 atom stereocenters. The summed E-state index contributed by atoms with van der Waals surface area (Å²) < 4.78 is 5.25. The molecule has 0 aromatic heterocycles. The van der Waals surface area contributed by atoms with Gasteiger partial charge in [0.25, 0.3) is 0 Å². The van der Waals surface area contributed by atoms with E-state index >= 15 is 0 Å². The smallest absolute Gasteiger partial charge is 0.326 e. The van der Waals surface area contributed by atoms with Gasteiger partial charge < -0.3 is 9.64 Å². The molecule has 1 rings (SSSR count). The highest BCUT2D eigenvalue weighted by molar-refractivity contribution is 5.80. The predicted octanol–water partition coefficient (Wildman–Crippen LogP) is 2.57. The number of carbonyl (C=O) groups is 1. The second kappa shape index (κ2) is 7.99. The van der Waals surface area contributed by atoms with Crippen LogP contribution < -0.4 is 5.32 Å². The molecule has 4 nitrogen and oxygen atoms in total. The van der Waals surface area contributed by atoms with E-state index in [1.807, 2.05) is 13.8 Å². The van der Waals surface area contributed by atoms with Gasteiger partial charge in [-0.25, -0.2) is 0 Å². The van der Waals surface area contributed by atoms with Crippen molar-refractivity contribution in [1.82, 2.24) is 10.2 Å². The van der Waals surface area contributed by atoms with Crippen molar-refractivity contribution in [3.63, 3.8) is 0 Å². The van der Waals surface area contributed by atoms with E-state index in [4.69, 9.17) is 4.74 Å². The van der Waals surface area contributed by atoms with E-state index in [9.17, 15) is 4.79 Å². The maximum atomic E-state index is 12.2. The average molecular weight is 284 g/mol. The van der Waals surface area contributed by atoms with Crippen LogP contribution in [-0.4, -0.2) is 48.2 Å². The Bertz CT molecular complexity index is 303. The van der Waals surface area contributed by atoms with Gasteiger partial charge >= 0.3 is 5.97 Å².